The quantitative estimate of drug-likeness (QED) is 0.579. The van der Waals surface area contributed by atoms with Crippen molar-refractivity contribution >= 4 is 21.7 Å². The summed E-state index contributed by atoms with van der Waals surface area (Å²) in [5.74, 6) is 1.52. The van der Waals surface area contributed by atoms with Gasteiger partial charge in [-0.15, -0.1) is 0 Å². The molecule has 32 heavy (non-hydrogen) atoms. The van der Waals surface area contributed by atoms with E-state index in [0.29, 0.717) is 42.6 Å². The molecule has 11 nitrogen and oxygen atoms in total. The van der Waals surface area contributed by atoms with Crippen molar-refractivity contribution in [2.75, 3.05) is 25.1 Å². The molecule has 2 N–H and O–H groups in total. The zero-order valence-electron chi connectivity index (χ0n) is 17.4. The third-order valence-electron chi connectivity index (χ3n) is 5.45. The molecule has 4 heterocycles. The number of amides is 1. The normalized spacial score (nSPS) is 15.9. The van der Waals surface area contributed by atoms with Gasteiger partial charge in [0.05, 0.1) is 24.9 Å². The molecule has 1 aromatic carbocycles. The molecule has 1 amide bonds. The number of carbonyl (C=O) groups excluding carboxylic acids is 1. The van der Waals surface area contributed by atoms with Gasteiger partial charge in [0.1, 0.15) is 18.1 Å². The standard InChI is InChI=1S/C20H22N6O5S/c1-25-11-14(10-21-25)32(28,29)26-5-4-15-16(12-26)23-24-20(15)22-19(27)9-13-2-3-17-18(8-13)31-7-6-30-17/h2-3,8,10-11H,4-7,9,12H2,1H3,(H2,22,23,24,27). The van der Waals surface area contributed by atoms with Crippen LogP contribution in [0.3, 0.4) is 0 Å². The van der Waals surface area contributed by atoms with Crippen LogP contribution in [-0.2, 0) is 41.3 Å². The smallest absolute Gasteiger partial charge is 0.246 e. The van der Waals surface area contributed by atoms with Gasteiger partial charge in [0, 0.05) is 25.4 Å². The van der Waals surface area contributed by atoms with Crippen molar-refractivity contribution in [1.29, 1.82) is 0 Å². The predicted octanol–water partition coefficient (Wildman–Crippen LogP) is 0.843. The first-order chi connectivity index (χ1) is 15.4. The highest BCUT2D eigenvalue weighted by atomic mass is 32.2. The number of fused-ring (bicyclic) bond motifs is 2. The molecule has 168 valence electrons. The third kappa shape index (κ3) is 3.82. The van der Waals surface area contributed by atoms with Gasteiger partial charge in [-0.25, -0.2) is 8.42 Å². The van der Waals surface area contributed by atoms with Crippen LogP contribution in [0.15, 0.2) is 35.5 Å². The number of nitrogens with zero attached hydrogens (tertiary/aromatic N) is 4. The molecule has 0 bridgehead atoms. The van der Waals surface area contributed by atoms with Gasteiger partial charge in [-0.1, -0.05) is 6.07 Å². The number of carbonyl (C=O) groups is 1. The van der Waals surface area contributed by atoms with Gasteiger partial charge in [-0.3, -0.25) is 14.6 Å². The van der Waals surface area contributed by atoms with Crippen LogP contribution in [0.5, 0.6) is 11.5 Å². The van der Waals surface area contributed by atoms with Crippen molar-refractivity contribution in [3.8, 4) is 11.5 Å². The predicted molar refractivity (Wildman–Crippen MR) is 113 cm³/mol. The fourth-order valence-corrected chi connectivity index (χ4v) is 5.24. The summed E-state index contributed by atoms with van der Waals surface area (Å²) in [7, 11) is -1.98. The molecule has 3 aromatic rings. The van der Waals surface area contributed by atoms with E-state index < -0.39 is 10.0 Å². The lowest BCUT2D eigenvalue weighted by Gasteiger charge is -2.25. The zero-order valence-corrected chi connectivity index (χ0v) is 18.2. The fraction of sp³-hybridized carbons (Fsp3) is 0.350. The van der Waals surface area contributed by atoms with Gasteiger partial charge < -0.3 is 14.8 Å². The topological polar surface area (TPSA) is 131 Å². The molecule has 2 aliphatic heterocycles. The summed E-state index contributed by atoms with van der Waals surface area (Å²) >= 11 is 0. The van der Waals surface area contributed by atoms with Gasteiger partial charge in [-0.2, -0.15) is 14.5 Å². The molecule has 0 radical (unpaired) electrons. The van der Waals surface area contributed by atoms with Crippen LogP contribution in [-0.4, -0.2) is 58.4 Å². The summed E-state index contributed by atoms with van der Waals surface area (Å²) in [6.07, 6.45) is 3.40. The second kappa shape index (κ2) is 7.95. The molecule has 2 aromatic heterocycles. The number of aromatic nitrogens is 4. The van der Waals surface area contributed by atoms with E-state index in [1.807, 2.05) is 6.07 Å². The van der Waals surface area contributed by atoms with Crippen molar-refractivity contribution < 1.29 is 22.7 Å². The lowest BCUT2D eigenvalue weighted by molar-refractivity contribution is -0.115. The molecule has 5 rings (SSSR count). The van der Waals surface area contributed by atoms with Gasteiger partial charge in [0.25, 0.3) is 0 Å². The first-order valence-electron chi connectivity index (χ1n) is 10.1. The summed E-state index contributed by atoms with van der Waals surface area (Å²) in [5.41, 5.74) is 2.28. The maximum absolute atomic E-state index is 12.8. The van der Waals surface area contributed by atoms with Crippen molar-refractivity contribution in [2.45, 2.75) is 24.3 Å². The first-order valence-corrected chi connectivity index (χ1v) is 11.6. The molecule has 0 spiro atoms. The molecule has 0 saturated heterocycles. The van der Waals surface area contributed by atoms with E-state index in [1.165, 1.54) is 21.4 Å². The van der Waals surface area contributed by atoms with Gasteiger partial charge in [0.2, 0.25) is 15.9 Å². The summed E-state index contributed by atoms with van der Waals surface area (Å²) < 4.78 is 39.6. The maximum atomic E-state index is 12.8. The van der Waals surface area contributed by atoms with Crippen LogP contribution in [0.4, 0.5) is 5.82 Å². The van der Waals surface area contributed by atoms with Crippen LogP contribution in [0.2, 0.25) is 0 Å². The minimum atomic E-state index is -3.65. The number of ether oxygens (including phenoxy) is 2. The summed E-state index contributed by atoms with van der Waals surface area (Å²) in [6.45, 7) is 1.43. The monoisotopic (exact) mass is 458 g/mol. The molecule has 0 fully saturated rings. The minimum Gasteiger partial charge on any atom is -0.486 e. The number of hydrogen-bond acceptors (Lipinski definition) is 7. The van der Waals surface area contributed by atoms with Crippen molar-refractivity contribution in [2.24, 2.45) is 7.05 Å². The molecular weight excluding hydrogens is 436 g/mol. The van der Waals surface area contributed by atoms with E-state index in [9.17, 15) is 13.2 Å². The summed E-state index contributed by atoms with van der Waals surface area (Å²) in [6, 6.07) is 5.42. The highest BCUT2D eigenvalue weighted by molar-refractivity contribution is 7.89. The number of benzene rings is 1. The molecular formula is C20H22N6O5S. The van der Waals surface area contributed by atoms with Crippen molar-refractivity contribution in [1.82, 2.24) is 24.3 Å². The molecule has 0 atom stereocenters. The fourth-order valence-electron chi connectivity index (χ4n) is 3.84. The Bertz CT molecular complexity index is 1280. The minimum absolute atomic E-state index is 0.149. The van der Waals surface area contributed by atoms with Gasteiger partial charge >= 0.3 is 0 Å². The van der Waals surface area contributed by atoms with E-state index in [-0.39, 0.29) is 30.3 Å². The number of H-pyrrole nitrogens is 1. The summed E-state index contributed by atoms with van der Waals surface area (Å²) in [5, 5.41) is 13.8. The average molecular weight is 459 g/mol. The Hall–Kier alpha value is -3.38. The molecule has 12 heteroatoms. The Morgan fingerprint density at radius 2 is 2.06 bits per heavy atom. The van der Waals surface area contributed by atoms with E-state index in [2.05, 4.69) is 20.6 Å². The molecule has 0 aliphatic carbocycles. The number of sulfonamides is 1. The Kier molecular flexibility index (Phi) is 5.10. The number of nitrogens with one attached hydrogen (secondary N) is 2. The van der Waals surface area contributed by atoms with Crippen LogP contribution in [0.1, 0.15) is 16.8 Å². The Balaban J connectivity index is 1.26. The highest BCUT2D eigenvalue weighted by Crippen LogP contribution is 2.31. The second-order valence-corrected chi connectivity index (χ2v) is 9.61. The van der Waals surface area contributed by atoms with E-state index in [4.69, 9.17) is 9.47 Å². The highest BCUT2D eigenvalue weighted by Gasteiger charge is 2.32. The lowest BCUT2D eigenvalue weighted by atomic mass is 10.1. The molecule has 0 saturated carbocycles. The second-order valence-electron chi connectivity index (χ2n) is 7.67. The summed E-state index contributed by atoms with van der Waals surface area (Å²) in [4.78, 5) is 12.7. The Morgan fingerprint density at radius 1 is 1.25 bits per heavy atom. The maximum Gasteiger partial charge on any atom is 0.246 e. The van der Waals surface area contributed by atoms with Gasteiger partial charge in [0.15, 0.2) is 17.3 Å². The number of aryl methyl sites for hydroxylation is 1. The number of rotatable bonds is 5. The molecule has 2 aliphatic rings. The Morgan fingerprint density at radius 3 is 2.84 bits per heavy atom. The average Bonchev–Trinajstić information content (AvgIpc) is 3.40. The van der Waals surface area contributed by atoms with Crippen molar-refractivity contribution in [3.05, 3.63) is 47.4 Å². The SMILES string of the molecule is Cn1cc(S(=O)(=O)N2CCc3c(NC(=O)Cc4ccc5c(c4)OCCO5)n[nH]c3C2)cn1. The first kappa shape index (κ1) is 20.5. The Labute approximate surface area is 184 Å². The van der Waals surface area contributed by atoms with E-state index in [1.54, 1.807) is 19.2 Å². The van der Waals surface area contributed by atoms with Crippen LogP contribution < -0.4 is 14.8 Å². The third-order valence-corrected chi connectivity index (χ3v) is 7.24. The van der Waals surface area contributed by atoms with Gasteiger partial charge in [-0.05, 0) is 24.1 Å². The van der Waals surface area contributed by atoms with E-state index in [0.717, 1.165) is 11.1 Å². The molecule has 0 unspecified atom stereocenters. The van der Waals surface area contributed by atoms with E-state index >= 15 is 0 Å². The van der Waals surface area contributed by atoms with Crippen LogP contribution in [0, 0.1) is 0 Å². The number of aromatic amines is 1. The van der Waals surface area contributed by atoms with Crippen molar-refractivity contribution in [3.63, 3.8) is 0 Å². The zero-order chi connectivity index (χ0) is 22.3. The largest absolute Gasteiger partial charge is 0.486 e. The number of anilines is 1. The van der Waals surface area contributed by atoms with Crippen LogP contribution >= 0.6 is 0 Å². The number of hydrogen-bond donors (Lipinski definition) is 2. The lowest BCUT2D eigenvalue weighted by Crippen LogP contribution is -2.36. The van der Waals surface area contributed by atoms with Crippen LogP contribution in [0.25, 0.3) is 0 Å².